The molecule has 0 amide bonds. The lowest BCUT2D eigenvalue weighted by Gasteiger charge is -2.09. The lowest BCUT2D eigenvalue weighted by atomic mass is 10.2. The Bertz CT molecular complexity index is 379. The minimum absolute atomic E-state index is 0.518. The molecule has 1 aromatic carbocycles. The Morgan fingerprint density at radius 3 is 2.94 bits per heavy atom. The first-order valence-corrected chi connectivity index (χ1v) is 6.22. The third kappa shape index (κ3) is 4.16. The standard InChI is InChI=1S/C12H15BrClNO/c1-9(6-14)8-16-11-3-4-12(13)10(5-11)7-15-2/h3-6,15H,7-8H2,1-2H3/b9-6+. The second-order valence-corrected chi connectivity index (χ2v) is 4.60. The van der Waals surface area contributed by atoms with Gasteiger partial charge in [-0.25, -0.2) is 0 Å². The van der Waals surface area contributed by atoms with Gasteiger partial charge in [0.25, 0.3) is 0 Å². The van der Waals surface area contributed by atoms with Crippen LogP contribution < -0.4 is 10.1 Å². The highest BCUT2D eigenvalue weighted by Crippen LogP contribution is 2.22. The molecule has 0 bridgehead atoms. The van der Waals surface area contributed by atoms with Gasteiger partial charge in [0.1, 0.15) is 12.4 Å². The molecular weight excluding hydrogens is 289 g/mol. The summed E-state index contributed by atoms with van der Waals surface area (Å²) in [4.78, 5) is 0. The molecule has 0 heterocycles. The van der Waals surface area contributed by atoms with Crippen LogP contribution in [0, 0.1) is 0 Å². The molecule has 0 fully saturated rings. The van der Waals surface area contributed by atoms with Crippen molar-refractivity contribution in [1.29, 1.82) is 0 Å². The van der Waals surface area contributed by atoms with Gasteiger partial charge in [0, 0.05) is 16.6 Å². The molecular formula is C12H15BrClNO. The second kappa shape index (κ2) is 6.94. The van der Waals surface area contributed by atoms with E-state index in [0.717, 1.165) is 22.3 Å². The maximum Gasteiger partial charge on any atom is 0.120 e. The molecule has 4 heteroatoms. The van der Waals surface area contributed by atoms with E-state index in [1.807, 2.05) is 32.2 Å². The van der Waals surface area contributed by atoms with Crippen LogP contribution in [-0.2, 0) is 6.54 Å². The van der Waals surface area contributed by atoms with E-state index in [0.29, 0.717) is 6.61 Å². The molecule has 0 atom stereocenters. The molecule has 0 saturated carbocycles. The zero-order valence-corrected chi connectivity index (χ0v) is 11.7. The van der Waals surface area contributed by atoms with Gasteiger partial charge in [-0.15, -0.1) is 0 Å². The first-order valence-electron chi connectivity index (χ1n) is 4.99. The highest BCUT2D eigenvalue weighted by atomic mass is 79.9. The summed E-state index contributed by atoms with van der Waals surface area (Å²) in [6.45, 7) is 3.26. The second-order valence-electron chi connectivity index (χ2n) is 3.53. The lowest BCUT2D eigenvalue weighted by Crippen LogP contribution is -2.06. The predicted molar refractivity (Wildman–Crippen MR) is 72.0 cm³/mol. The number of hydrogen-bond donors (Lipinski definition) is 1. The average molecular weight is 305 g/mol. The van der Waals surface area contributed by atoms with E-state index in [9.17, 15) is 0 Å². The summed E-state index contributed by atoms with van der Waals surface area (Å²) in [5.41, 5.74) is 3.71. The topological polar surface area (TPSA) is 21.3 Å². The van der Waals surface area contributed by atoms with Crippen LogP contribution in [0.5, 0.6) is 5.75 Å². The molecule has 88 valence electrons. The predicted octanol–water partition coefficient (Wildman–Crippen LogP) is 3.69. The van der Waals surface area contributed by atoms with E-state index >= 15 is 0 Å². The molecule has 1 rings (SSSR count). The van der Waals surface area contributed by atoms with Crippen molar-refractivity contribution in [2.24, 2.45) is 0 Å². The van der Waals surface area contributed by atoms with Crippen molar-refractivity contribution in [3.05, 3.63) is 39.3 Å². The summed E-state index contributed by atoms with van der Waals surface area (Å²) >= 11 is 9.06. The van der Waals surface area contributed by atoms with Crippen LogP contribution >= 0.6 is 27.5 Å². The Labute approximate surface area is 110 Å². The van der Waals surface area contributed by atoms with E-state index in [-0.39, 0.29) is 0 Å². The Morgan fingerprint density at radius 1 is 1.56 bits per heavy atom. The molecule has 16 heavy (non-hydrogen) atoms. The van der Waals surface area contributed by atoms with Crippen LogP contribution in [0.1, 0.15) is 12.5 Å². The zero-order chi connectivity index (χ0) is 12.0. The third-order valence-electron chi connectivity index (χ3n) is 2.04. The number of rotatable bonds is 5. The summed E-state index contributed by atoms with van der Waals surface area (Å²) < 4.78 is 6.68. The molecule has 0 spiro atoms. The van der Waals surface area contributed by atoms with Gasteiger partial charge in [-0.1, -0.05) is 27.5 Å². The van der Waals surface area contributed by atoms with Gasteiger partial charge < -0.3 is 10.1 Å². The quantitative estimate of drug-likeness (QED) is 0.896. The van der Waals surface area contributed by atoms with Gasteiger partial charge in [-0.05, 0) is 43.3 Å². The van der Waals surface area contributed by atoms with Crippen molar-refractivity contribution >= 4 is 27.5 Å². The van der Waals surface area contributed by atoms with E-state index < -0.39 is 0 Å². The fourth-order valence-electron chi connectivity index (χ4n) is 1.20. The van der Waals surface area contributed by atoms with Crippen LogP contribution in [0.15, 0.2) is 33.8 Å². The van der Waals surface area contributed by atoms with Crippen LogP contribution in [-0.4, -0.2) is 13.7 Å². The number of nitrogens with one attached hydrogen (secondary N) is 1. The highest BCUT2D eigenvalue weighted by molar-refractivity contribution is 9.10. The first kappa shape index (κ1) is 13.6. The van der Waals surface area contributed by atoms with Crippen molar-refractivity contribution in [3.63, 3.8) is 0 Å². The fourth-order valence-corrected chi connectivity index (χ4v) is 1.65. The zero-order valence-electron chi connectivity index (χ0n) is 9.39. The normalized spacial score (nSPS) is 11.6. The Morgan fingerprint density at radius 2 is 2.31 bits per heavy atom. The van der Waals surface area contributed by atoms with Gasteiger partial charge in [-0.3, -0.25) is 0 Å². The Balaban J connectivity index is 2.70. The Hall–Kier alpha value is -0.510. The third-order valence-corrected chi connectivity index (χ3v) is 3.18. The van der Waals surface area contributed by atoms with Crippen LogP contribution in [0.25, 0.3) is 0 Å². The SMILES string of the molecule is CNCc1cc(OC/C(C)=C/Cl)ccc1Br. The molecule has 1 aromatic rings. The number of benzene rings is 1. The summed E-state index contributed by atoms with van der Waals surface area (Å²) in [6.07, 6.45) is 0. The molecule has 0 aliphatic carbocycles. The monoisotopic (exact) mass is 303 g/mol. The minimum atomic E-state index is 0.518. The molecule has 0 radical (unpaired) electrons. The Kier molecular flexibility index (Phi) is 5.88. The minimum Gasteiger partial charge on any atom is -0.489 e. The van der Waals surface area contributed by atoms with Crippen molar-refractivity contribution in [3.8, 4) is 5.75 Å². The van der Waals surface area contributed by atoms with Gasteiger partial charge >= 0.3 is 0 Å². The van der Waals surface area contributed by atoms with Gasteiger partial charge in [0.05, 0.1) is 0 Å². The smallest absolute Gasteiger partial charge is 0.120 e. The first-order chi connectivity index (χ1) is 7.67. The average Bonchev–Trinajstić information content (AvgIpc) is 2.30. The van der Waals surface area contributed by atoms with Crippen molar-refractivity contribution in [1.82, 2.24) is 5.32 Å². The number of halogens is 2. The van der Waals surface area contributed by atoms with Crippen molar-refractivity contribution < 1.29 is 4.74 Å². The summed E-state index contributed by atoms with van der Waals surface area (Å²) in [5.74, 6) is 0.853. The molecule has 0 aliphatic rings. The highest BCUT2D eigenvalue weighted by Gasteiger charge is 2.02. The largest absolute Gasteiger partial charge is 0.489 e. The van der Waals surface area contributed by atoms with Crippen LogP contribution in [0.2, 0.25) is 0 Å². The van der Waals surface area contributed by atoms with Gasteiger partial charge in [0.2, 0.25) is 0 Å². The lowest BCUT2D eigenvalue weighted by molar-refractivity contribution is 0.352. The number of ether oxygens (including phenoxy) is 1. The van der Waals surface area contributed by atoms with Gasteiger partial charge in [-0.2, -0.15) is 0 Å². The number of hydrogen-bond acceptors (Lipinski definition) is 2. The fraction of sp³-hybridized carbons (Fsp3) is 0.333. The molecule has 2 nitrogen and oxygen atoms in total. The van der Waals surface area contributed by atoms with Crippen molar-refractivity contribution in [2.75, 3.05) is 13.7 Å². The molecule has 0 unspecified atom stereocenters. The van der Waals surface area contributed by atoms with Crippen LogP contribution in [0.4, 0.5) is 0 Å². The maximum absolute atomic E-state index is 5.60. The van der Waals surface area contributed by atoms with E-state index in [4.69, 9.17) is 16.3 Å². The summed E-state index contributed by atoms with van der Waals surface area (Å²) in [5, 5.41) is 3.11. The molecule has 0 aromatic heterocycles. The molecule has 1 N–H and O–H groups in total. The van der Waals surface area contributed by atoms with E-state index in [2.05, 4.69) is 21.2 Å². The van der Waals surface area contributed by atoms with Crippen LogP contribution in [0.3, 0.4) is 0 Å². The molecule has 0 aliphatic heterocycles. The maximum atomic E-state index is 5.60. The molecule has 0 saturated heterocycles. The van der Waals surface area contributed by atoms with E-state index in [1.54, 1.807) is 0 Å². The summed E-state index contributed by atoms with van der Waals surface area (Å²) in [6, 6.07) is 5.94. The summed E-state index contributed by atoms with van der Waals surface area (Å²) in [7, 11) is 1.92. The van der Waals surface area contributed by atoms with E-state index in [1.165, 1.54) is 11.1 Å². The van der Waals surface area contributed by atoms with Gasteiger partial charge in [0.15, 0.2) is 0 Å². The van der Waals surface area contributed by atoms with Crippen molar-refractivity contribution in [2.45, 2.75) is 13.5 Å².